The molecule has 1 aromatic heterocycles. The molecule has 3 aromatic rings. The van der Waals surface area contributed by atoms with Crippen molar-refractivity contribution in [3.05, 3.63) is 78.6 Å². The molecule has 0 atom stereocenters. The normalized spacial score (nSPS) is 10.7. The molecule has 0 N–H and O–H groups in total. The average molecular weight is 284 g/mol. The zero-order chi connectivity index (χ0) is 13.8. The van der Waals surface area contributed by atoms with Crippen molar-refractivity contribution in [3.8, 4) is 5.69 Å². The van der Waals surface area contributed by atoms with Crippen molar-refractivity contribution in [2.45, 2.75) is 10.6 Å². The Morgan fingerprint density at radius 1 is 1.05 bits per heavy atom. The molecule has 0 saturated heterocycles. The number of imidazole rings is 1. The zero-order valence-electron chi connectivity index (χ0n) is 10.7. The Morgan fingerprint density at radius 3 is 2.55 bits per heavy atom. The highest BCUT2D eigenvalue weighted by Crippen LogP contribution is 2.25. The molecule has 0 unspecified atom stereocenters. The van der Waals surface area contributed by atoms with Crippen LogP contribution in [-0.2, 0) is 5.75 Å². The first-order chi connectivity index (χ1) is 9.83. The lowest BCUT2D eigenvalue weighted by Crippen LogP contribution is -1.90. The third-order valence-electron chi connectivity index (χ3n) is 2.97. The van der Waals surface area contributed by atoms with E-state index in [0.29, 0.717) is 4.90 Å². The van der Waals surface area contributed by atoms with E-state index in [2.05, 4.69) is 17.1 Å². The van der Waals surface area contributed by atoms with Crippen LogP contribution in [0.15, 0.2) is 72.1 Å². The second kappa shape index (κ2) is 5.92. The summed E-state index contributed by atoms with van der Waals surface area (Å²) in [6.07, 6.45) is 5.42. The maximum absolute atomic E-state index is 13.5. The highest BCUT2D eigenvalue weighted by Gasteiger charge is 2.02. The quantitative estimate of drug-likeness (QED) is 0.665. The van der Waals surface area contributed by atoms with Gasteiger partial charge >= 0.3 is 0 Å². The van der Waals surface area contributed by atoms with Gasteiger partial charge in [-0.15, -0.1) is 11.8 Å². The van der Waals surface area contributed by atoms with Gasteiger partial charge in [-0.05, 0) is 29.8 Å². The standard InChI is InChI=1S/C16H13FN2S/c17-15-3-1-2-4-16(15)20-11-13-5-7-14(8-6-13)19-10-9-18-12-19/h1-10,12H,11H2. The van der Waals surface area contributed by atoms with E-state index in [1.165, 1.54) is 23.4 Å². The Bertz CT molecular complexity index is 678. The van der Waals surface area contributed by atoms with Crippen LogP contribution in [0.3, 0.4) is 0 Å². The predicted octanol–water partition coefficient (Wildman–Crippen LogP) is 4.30. The SMILES string of the molecule is Fc1ccccc1SCc1ccc(-n2ccnc2)cc1. The van der Waals surface area contributed by atoms with Crippen LogP contribution < -0.4 is 0 Å². The number of benzene rings is 2. The van der Waals surface area contributed by atoms with Crippen molar-refractivity contribution in [1.82, 2.24) is 9.55 Å². The Kier molecular flexibility index (Phi) is 3.83. The number of hydrogen-bond donors (Lipinski definition) is 0. The van der Waals surface area contributed by atoms with E-state index < -0.39 is 0 Å². The molecule has 0 saturated carbocycles. The molecular formula is C16H13FN2S. The number of nitrogens with zero attached hydrogens (tertiary/aromatic N) is 2. The number of halogens is 1. The predicted molar refractivity (Wildman–Crippen MR) is 79.5 cm³/mol. The van der Waals surface area contributed by atoms with Gasteiger partial charge in [0.15, 0.2) is 0 Å². The molecule has 2 nitrogen and oxygen atoms in total. The molecule has 0 amide bonds. The van der Waals surface area contributed by atoms with Gasteiger partial charge in [0.05, 0.1) is 6.33 Å². The maximum Gasteiger partial charge on any atom is 0.136 e. The van der Waals surface area contributed by atoms with Gasteiger partial charge in [-0.3, -0.25) is 0 Å². The highest BCUT2D eigenvalue weighted by molar-refractivity contribution is 7.98. The van der Waals surface area contributed by atoms with E-state index in [-0.39, 0.29) is 5.82 Å². The molecule has 0 spiro atoms. The molecular weight excluding hydrogens is 271 g/mol. The summed E-state index contributed by atoms with van der Waals surface area (Å²) in [6, 6.07) is 15.1. The van der Waals surface area contributed by atoms with E-state index in [1.54, 1.807) is 24.7 Å². The first-order valence-electron chi connectivity index (χ1n) is 6.27. The van der Waals surface area contributed by atoms with E-state index in [0.717, 1.165) is 11.4 Å². The van der Waals surface area contributed by atoms with Crippen LogP contribution >= 0.6 is 11.8 Å². The molecule has 0 bridgehead atoms. The molecule has 100 valence electrons. The van der Waals surface area contributed by atoms with Gasteiger partial charge in [0.1, 0.15) is 5.82 Å². The van der Waals surface area contributed by atoms with Gasteiger partial charge in [-0.2, -0.15) is 0 Å². The van der Waals surface area contributed by atoms with Crippen LogP contribution in [0, 0.1) is 5.82 Å². The third kappa shape index (κ3) is 2.91. The summed E-state index contributed by atoms with van der Waals surface area (Å²) >= 11 is 1.51. The highest BCUT2D eigenvalue weighted by atomic mass is 32.2. The number of thioether (sulfide) groups is 1. The van der Waals surface area contributed by atoms with Crippen LogP contribution in [-0.4, -0.2) is 9.55 Å². The van der Waals surface area contributed by atoms with Gasteiger partial charge in [-0.1, -0.05) is 24.3 Å². The minimum absolute atomic E-state index is 0.160. The van der Waals surface area contributed by atoms with Crippen LogP contribution in [0.5, 0.6) is 0 Å². The second-order valence-corrected chi connectivity index (χ2v) is 5.37. The lowest BCUT2D eigenvalue weighted by atomic mass is 10.2. The van der Waals surface area contributed by atoms with Crippen LogP contribution in [0.25, 0.3) is 5.69 Å². The van der Waals surface area contributed by atoms with E-state index in [9.17, 15) is 4.39 Å². The molecule has 3 rings (SSSR count). The topological polar surface area (TPSA) is 17.8 Å². The van der Waals surface area contributed by atoms with Gasteiger partial charge in [0, 0.05) is 28.7 Å². The average Bonchev–Trinajstić information content (AvgIpc) is 3.01. The smallest absolute Gasteiger partial charge is 0.136 e. The number of rotatable bonds is 4. The third-order valence-corrected chi connectivity index (χ3v) is 4.09. The van der Waals surface area contributed by atoms with E-state index >= 15 is 0 Å². The lowest BCUT2D eigenvalue weighted by molar-refractivity contribution is 0.602. The van der Waals surface area contributed by atoms with E-state index in [1.807, 2.05) is 29.0 Å². The van der Waals surface area contributed by atoms with Gasteiger partial charge in [-0.25, -0.2) is 9.37 Å². The Labute approximate surface area is 121 Å². The zero-order valence-corrected chi connectivity index (χ0v) is 11.6. The lowest BCUT2D eigenvalue weighted by Gasteiger charge is -2.05. The second-order valence-electron chi connectivity index (χ2n) is 4.36. The fraction of sp³-hybridized carbons (Fsp3) is 0.0625. The Hall–Kier alpha value is -2.07. The molecule has 20 heavy (non-hydrogen) atoms. The fourth-order valence-electron chi connectivity index (χ4n) is 1.90. The summed E-state index contributed by atoms with van der Waals surface area (Å²) in [5.74, 6) is 0.595. The van der Waals surface area contributed by atoms with Crippen LogP contribution in [0.1, 0.15) is 5.56 Å². The summed E-state index contributed by atoms with van der Waals surface area (Å²) in [6.45, 7) is 0. The first-order valence-corrected chi connectivity index (χ1v) is 7.26. The minimum Gasteiger partial charge on any atom is -0.306 e. The maximum atomic E-state index is 13.5. The monoisotopic (exact) mass is 284 g/mol. The summed E-state index contributed by atoms with van der Waals surface area (Å²) in [7, 11) is 0. The summed E-state index contributed by atoms with van der Waals surface area (Å²) in [5, 5.41) is 0. The van der Waals surface area contributed by atoms with Gasteiger partial charge in [0.25, 0.3) is 0 Å². The van der Waals surface area contributed by atoms with Crippen molar-refractivity contribution >= 4 is 11.8 Å². The molecule has 0 radical (unpaired) electrons. The molecule has 0 fully saturated rings. The molecule has 4 heteroatoms. The summed E-state index contributed by atoms with van der Waals surface area (Å²) in [5.41, 5.74) is 2.24. The Balaban J connectivity index is 1.68. The fourth-order valence-corrected chi connectivity index (χ4v) is 2.79. The van der Waals surface area contributed by atoms with Crippen molar-refractivity contribution in [1.29, 1.82) is 0 Å². The molecule has 0 aliphatic rings. The molecule has 2 aromatic carbocycles. The van der Waals surface area contributed by atoms with Crippen LogP contribution in [0.4, 0.5) is 4.39 Å². The number of aromatic nitrogens is 2. The molecule has 1 heterocycles. The van der Waals surface area contributed by atoms with Crippen molar-refractivity contribution in [2.75, 3.05) is 0 Å². The van der Waals surface area contributed by atoms with E-state index in [4.69, 9.17) is 0 Å². The van der Waals surface area contributed by atoms with Crippen molar-refractivity contribution in [2.24, 2.45) is 0 Å². The van der Waals surface area contributed by atoms with Crippen molar-refractivity contribution < 1.29 is 4.39 Å². The van der Waals surface area contributed by atoms with Crippen molar-refractivity contribution in [3.63, 3.8) is 0 Å². The first kappa shape index (κ1) is 12.9. The molecule has 0 aliphatic carbocycles. The summed E-state index contributed by atoms with van der Waals surface area (Å²) < 4.78 is 15.5. The van der Waals surface area contributed by atoms with Crippen LogP contribution in [0.2, 0.25) is 0 Å². The van der Waals surface area contributed by atoms with Gasteiger partial charge < -0.3 is 4.57 Å². The minimum atomic E-state index is -0.160. The summed E-state index contributed by atoms with van der Waals surface area (Å²) in [4.78, 5) is 4.71. The number of hydrogen-bond acceptors (Lipinski definition) is 2. The largest absolute Gasteiger partial charge is 0.306 e. The van der Waals surface area contributed by atoms with Gasteiger partial charge in [0.2, 0.25) is 0 Å². The Morgan fingerprint density at radius 2 is 1.85 bits per heavy atom. The molecule has 0 aliphatic heterocycles.